The van der Waals surface area contributed by atoms with Crippen LogP contribution in [-0.2, 0) is 11.2 Å². The van der Waals surface area contributed by atoms with Crippen LogP contribution in [0.5, 0.6) is 0 Å². The first-order valence-electron chi connectivity index (χ1n) is 3.72. The zero-order valence-corrected chi connectivity index (χ0v) is 6.60. The van der Waals surface area contributed by atoms with Gasteiger partial charge in [0.25, 0.3) is 0 Å². The first-order chi connectivity index (χ1) is 5.79. The topological polar surface area (TPSA) is 37.3 Å². The molecule has 0 amide bonds. The highest BCUT2D eigenvalue weighted by Crippen LogP contribution is 1.99. The molecule has 0 aliphatic carbocycles. The maximum Gasteiger partial charge on any atom is 0.327 e. The van der Waals surface area contributed by atoms with Crippen molar-refractivity contribution >= 4 is 5.97 Å². The van der Waals surface area contributed by atoms with Gasteiger partial charge in [-0.1, -0.05) is 36.4 Å². The van der Waals surface area contributed by atoms with Crippen LogP contribution in [-0.4, -0.2) is 11.1 Å². The van der Waals surface area contributed by atoms with Crippen LogP contribution in [0.25, 0.3) is 0 Å². The molecule has 0 radical (unpaired) electrons. The molecule has 2 heteroatoms. The third-order valence-electron chi connectivity index (χ3n) is 1.46. The first-order valence-corrected chi connectivity index (χ1v) is 3.72. The zero-order valence-electron chi connectivity index (χ0n) is 6.60. The summed E-state index contributed by atoms with van der Waals surface area (Å²) in [5.41, 5.74) is 1.12. The molecule has 0 unspecified atom stereocenters. The molecule has 1 rings (SSSR count). The summed E-state index contributed by atoms with van der Waals surface area (Å²) in [5, 5.41) is 8.30. The highest BCUT2D eigenvalue weighted by Gasteiger charge is 1.87. The summed E-state index contributed by atoms with van der Waals surface area (Å²) in [6.45, 7) is 0. The molecule has 0 saturated heterocycles. The summed E-state index contributed by atoms with van der Waals surface area (Å²) >= 11 is 0. The molecule has 62 valence electrons. The van der Waals surface area contributed by atoms with Crippen molar-refractivity contribution in [2.75, 3.05) is 0 Å². The number of carboxylic acid groups (broad SMARTS) is 1. The van der Waals surface area contributed by atoms with Crippen LogP contribution in [0.1, 0.15) is 5.56 Å². The van der Waals surface area contributed by atoms with E-state index < -0.39 is 5.97 Å². The molecule has 0 fully saturated rings. The third-order valence-corrected chi connectivity index (χ3v) is 1.46. The van der Waals surface area contributed by atoms with E-state index in [2.05, 4.69) is 0 Å². The fraction of sp³-hybridized carbons (Fsp3) is 0.100. The van der Waals surface area contributed by atoms with Gasteiger partial charge in [-0.2, -0.15) is 0 Å². The number of hydrogen-bond donors (Lipinski definition) is 1. The van der Waals surface area contributed by atoms with Gasteiger partial charge in [-0.15, -0.1) is 0 Å². The van der Waals surface area contributed by atoms with Gasteiger partial charge in [0.1, 0.15) is 0 Å². The van der Waals surface area contributed by atoms with Gasteiger partial charge in [-0.3, -0.25) is 0 Å². The summed E-state index contributed by atoms with van der Waals surface area (Å²) < 4.78 is 0. The van der Waals surface area contributed by atoms with Crippen LogP contribution < -0.4 is 0 Å². The van der Waals surface area contributed by atoms with E-state index in [1.807, 2.05) is 30.3 Å². The van der Waals surface area contributed by atoms with Crippen LogP contribution in [0.3, 0.4) is 0 Å². The Morgan fingerprint density at radius 2 is 2.00 bits per heavy atom. The van der Waals surface area contributed by atoms with Gasteiger partial charge >= 0.3 is 5.97 Å². The van der Waals surface area contributed by atoms with Gasteiger partial charge in [-0.25, -0.2) is 4.79 Å². The molecule has 0 heterocycles. The van der Waals surface area contributed by atoms with Crippen LogP contribution in [0, 0.1) is 0 Å². The van der Waals surface area contributed by atoms with Gasteiger partial charge in [0, 0.05) is 6.08 Å². The van der Waals surface area contributed by atoms with E-state index in [9.17, 15) is 4.79 Å². The second-order valence-electron chi connectivity index (χ2n) is 2.43. The molecule has 0 atom stereocenters. The lowest BCUT2D eigenvalue weighted by Gasteiger charge is -1.92. The molecule has 1 aromatic rings. The van der Waals surface area contributed by atoms with Gasteiger partial charge in [0.15, 0.2) is 0 Å². The number of aliphatic carboxylic acids is 1. The maximum absolute atomic E-state index is 10.1. The van der Waals surface area contributed by atoms with Crippen molar-refractivity contribution in [3.63, 3.8) is 0 Å². The smallest absolute Gasteiger partial charge is 0.327 e. The standard InChI is InChI=1S/C10H10O2/c11-10(12)8-4-7-9-5-2-1-3-6-9/h1-6,8H,7H2,(H,11,12). The maximum atomic E-state index is 10.1. The SMILES string of the molecule is O=C(O)C=CCc1ccccc1. The first kappa shape index (κ1) is 8.53. The van der Waals surface area contributed by atoms with E-state index in [4.69, 9.17) is 5.11 Å². The molecule has 2 nitrogen and oxygen atoms in total. The predicted octanol–water partition coefficient (Wildman–Crippen LogP) is 1.87. The Bertz CT molecular complexity index is 275. The molecule has 0 aliphatic heterocycles. The van der Waals surface area contributed by atoms with Crippen molar-refractivity contribution in [3.8, 4) is 0 Å². The summed E-state index contributed by atoms with van der Waals surface area (Å²) in [5.74, 6) is -0.897. The summed E-state index contributed by atoms with van der Waals surface area (Å²) in [7, 11) is 0. The van der Waals surface area contributed by atoms with Gasteiger partial charge in [-0.05, 0) is 12.0 Å². The lowest BCUT2D eigenvalue weighted by atomic mass is 10.1. The fourth-order valence-electron chi connectivity index (χ4n) is 0.910. The molecule has 0 spiro atoms. The fourth-order valence-corrected chi connectivity index (χ4v) is 0.910. The minimum Gasteiger partial charge on any atom is -0.478 e. The van der Waals surface area contributed by atoms with E-state index in [-0.39, 0.29) is 0 Å². The van der Waals surface area contributed by atoms with E-state index in [1.54, 1.807) is 6.08 Å². The molecule has 0 saturated carbocycles. The minimum atomic E-state index is -0.897. The predicted molar refractivity (Wildman–Crippen MR) is 46.9 cm³/mol. The van der Waals surface area contributed by atoms with E-state index in [1.165, 1.54) is 0 Å². The number of carboxylic acids is 1. The van der Waals surface area contributed by atoms with Crippen LogP contribution >= 0.6 is 0 Å². The van der Waals surface area contributed by atoms with E-state index >= 15 is 0 Å². The molecule has 0 aromatic heterocycles. The van der Waals surface area contributed by atoms with Gasteiger partial charge < -0.3 is 5.11 Å². The van der Waals surface area contributed by atoms with E-state index in [0.29, 0.717) is 6.42 Å². The van der Waals surface area contributed by atoms with E-state index in [0.717, 1.165) is 11.6 Å². The van der Waals surface area contributed by atoms with Crippen LogP contribution in [0.4, 0.5) is 0 Å². The van der Waals surface area contributed by atoms with Crippen LogP contribution in [0.15, 0.2) is 42.5 Å². The van der Waals surface area contributed by atoms with Crippen molar-refractivity contribution in [1.82, 2.24) is 0 Å². The third kappa shape index (κ3) is 3.01. The van der Waals surface area contributed by atoms with Crippen LogP contribution in [0.2, 0.25) is 0 Å². The summed E-state index contributed by atoms with van der Waals surface area (Å²) in [4.78, 5) is 10.1. The second kappa shape index (κ2) is 4.34. The van der Waals surface area contributed by atoms with Crippen molar-refractivity contribution in [1.29, 1.82) is 0 Å². The molecule has 1 aromatic carbocycles. The molecular formula is C10H10O2. The molecule has 12 heavy (non-hydrogen) atoms. The quantitative estimate of drug-likeness (QED) is 0.689. The van der Waals surface area contributed by atoms with Gasteiger partial charge in [0.2, 0.25) is 0 Å². The molecule has 0 bridgehead atoms. The lowest BCUT2D eigenvalue weighted by molar-refractivity contribution is -0.131. The number of allylic oxidation sites excluding steroid dienone is 1. The van der Waals surface area contributed by atoms with Crippen molar-refractivity contribution in [3.05, 3.63) is 48.0 Å². The number of benzene rings is 1. The Hall–Kier alpha value is -1.57. The summed E-state index contributed by atoms with van der Waals surface area (Å²) in [6, 6.07) is 9.73. The lowest BCUT2D eigenvalue weighted by Crippen LogP contribution is -1.87. The largest absolute Gasteiger partial charge is 0.478 e. The molecule has 0 aliphatic rings. The number of carbonyl (C=O) groups is 1. The average Bonchev–Trinajstić information content (AvgIpc) is 2.05. The highest BCUT2D eigenvalue weighted by molar-refractivity contribution is 5.79. The van der Waals surface area contributed by atoms with Crippen molar-refractivity contribution in [2.24, 2.45) is 0 Å². The Kier molecular flexibility index (Phi) is 3.08. The zero-order chi connectivity index (χ0) is 8.81. The average molecular weight is 162 g/mol. The Balaban J connectivity index is 2.49. The molecule has 1 N–H and O–H groups in total. The van der Waals surface area contributed by atoms with Crippen molar-refractivity contribution < 1.29 is 9.90 Å². The monoisotopic (exact) mass is 162 g/mol. The number of hydrogen-bond acceptors (Lipinski definition) is 1. The normalized spacial score (nSPS) is 10.3. The second-order valence-corrected chi connectivity index (χ2v) is 2.43. The van der Waals surface area contributed by atoms with Crippen molar-refractivity contribution in [2.45, 2.75) is 6.42 Å². The Labute approximate surface area is 71.2 Å². The number of rotatable bonds is 3. The summed E-state index contributed by atoms with van der Waals surface area (Å²) in [6.07, 6.45) is 3.47. The Morgan fingerprint density at radius 1 is 1.33 bits per heavy atom. The minimum absolute atomic E-state index is 0.674. The Morgan fingerprint density at radius 3 is 2.58 bits per heavy atom. The molecular weight excluding hydrogens is 152 g/mol. The van der Waals surface area contributed by atoms with Gasteiger partial charge in [0.05, 0.1) is 0 Å². The highest BCUT2D eigenvalue weighted by atomic mass is 16.4.